The fraction of sp³-hybridized carbons (Fsp3) is 0.915. The molecule has 0 aliphatic rings. The number of allylic oxidation sites excluding steroid dienone is 2. The summed E-state index contributed by atoms with van der Waals surface area (Å²) in [5.41, 5.74) is 0. The van der Waals surface area contributed by atoms with Gasteiger partial charge in [-0.1, -0.05) is 187 Å². The van der Waals surface area contributed by atoms with Crippen LogP contribution >= 0.6 is 7.82 Å². The molecule has 0 spiro atoms. The molecule has 2 unspecified atom stereocenters. The highest BCUT2D eigenvalue weighted by Crippen LogP contribution is 2.38. The predicted octanol–water partition coefficient (Wildman–Crippen LogP) is 13.1. The summed E-state index contributed by atoms with van der Waals surface area (Å²) in [7, 11) is 1.17. The van der Waals surface area contributed by atoms with Crippen LogP contribution in [-0.4, -0.2) is 70.0 Å². The smallest absolute Gasteiger partial charge is 0.306 e. The molecule has 0 aromatic rings. The molecule has 0 heterocycles. The van der Waals surface area contributed by atoms with E-state index in [9.17, 15) is 19.0 Å². The molecule has 9 nitrogen and oxygen atoms in total. The minimum atomic E-state index is -4.62. The molecule has 0 aromatic heterocycles. The Kier molecular flexibility index (Phi) is 39.3. The minimum Gasteiger partial charge on any atom is -0.756 e. The average molecular weight is 830 g/mol. The van der Waals surface area contributed by atoms with Crippen molar-refractivity contribution in [1.82, 2.24) is 0 Å². The lowest BCUT2D eigenvalue weighted by Crippen LogP contribution is -2.37. The topological polar surface area (TPSA) is 111 Å². The summed E-state index contributed by atoms with van der Waals surface area (Å²) in [6, 6.07) is 0. The third kappa shape index (κ3) is 44.1. The minimum absolute atomic E-state index is 0.0293. The number of rotatable bonds is 44. The maximum atomic E-state index is 12.7. The van der Waals surface area contributed by atoms with Crippen LogP contribution in [0, 0.1) is 0 Å². The van der Waals surface area contributed by atoms with Crippen LogP contribution in [0.25, 0.3) is 0 Å². The Morgan fingerprint density at radius 2 is 0.895 bits per heavy atom. The molecule has 0 aromatic carbocycles. The fourth-order valence-corrected chi connectivity index (χ4v) is 7.50. The number of nitrogens with zero attached hydrogens (tertiary/aromatic N) is 1. The van der Waals surface area contributed by atoms with Gasteiger partial charge >= 0.3 is 11.9 Å². The number of ether oxygens (including phenoxy) is 2. The molecule has 10 heteroatoms. The van der Waals surface area contributed by atoms with Crippen molar-refractivity contribution in [2.24, 2.45) is 0 Å². The van der Waals surface area contributed by atoms with E-state index in [4.69, 9.17) is 18.5 Å². The quantitative estimate of drug-likeness (QED) is 0.0196. The van der Waals surface area contributed by atoms with Crippen LogP contribution in [0.5, 0.6) is 0 Å². The Labute approximate surface area is 352 Å². The van der Waals surface area contributed by atoms with Gasteiger partial charge in [-0.2, -0.15) is 0 Å². The summed E-state index contributed by atoms with van der Waals surface area (Å²) in [5.74, 6) is -0.833. The molecule has 0 fully saturated rings. The molecule has 0 amide bonds. The number of hydrogen-bond acceptors (Lipinski definition) is 8. The molecule has 2 atom stereocenters. The number of hydrogen-bond donors (Lipinski definition) is 0. The van der Waals surface area contributed by atoms with Gasteiger partial charge in [0.05, 0.1) is 27.7 Å². The lowest BCUT2D eigenvalue weighted by atomic mass is 10.0. The number of carbonyl (C=O) groups excluding carboxylic acids is 2. The van der Waals surface area contributed by atoms with E-state index in [-0.39, 0.29) is 32.0 Å². The van der Waals surface area contributed by atoms with Gasteiger partial charge < -0.3 is 27.9 Å². The number of esters is 2. The largest absolute Gasteiger partial charge is 0.756 e. The summed E-state index contributed by atoms with van der Waals surface area (Å²) >= 11 is 0. The van der Waals surface area contributed by atoms with Crippen molar-refractivity contribution in [2.75, 3.05) is 47.5 Å². The third-order valence-corrected chi connectivity index (χ3v) is 11.5. The van der Waals surface area contributed by atoms with Gasteiger partial charge in [0.1, 0.15) is 19.8 Å². The highest BCUT2D eigenvalue weighted by atomic mass is 31.2. The number of likely N-dealkylation sites (N-methyl/N-ethyl adjacent to an activating group) is 1. The normalized spacial score (nSPS) is 13.6. The molecule has 0 radical (unpaired) electrons. The summed E-state index contributed by atoms with van der Waals surface area (Å²) in [6.07, 6.45) is 42.4. The number of carbonyl (C=O) groups is 2. The van der Waals surface area contributed by atoms with Crippen LogP contribution in [-0.2, 0) is 32.7 Å². The van der Waals surface area contributed by atoms with Gasteiger partial charge in [-0.3, -0.25) is 14.2 Å². The first kappa shape index (κ1) is 55.8. The number of quaternary nitrogens is 1. The lowest BCUT2D eigenvalue weighted by molar-refractivity contribution is -0.870. The van der Waals surface area contributed by atoms with E-state index in [2.05, 4.69) is 26.0 Å². The van der Waals surface area contributed by atoms with E-state index >= 15 is 0 Å². The second kappa shape index (κ2) is 40.2. The van der Waals surface area contributed by atoms with Crippen LogP contribution in [0.4, 0.5) is 0 Å². The van der Waals surface area contributed by atoms with Gasteiger partial charge in [0.25, 0.3) is 7.82 Å². The average Bonchev–Trinajstić information content (AvgIpc) is 3.16. The zero-order valence-corrected chi connectivity index (χ0v) is 38.9. The molecule has 0 rings (SSSR count). The lowest BCUT2D eigenvalue weighted by Gasteiger charge is -2.28. The second-order valence-corrected chi connectivity index (χ2v) is 18.9. The van der Waals surface area contributed by atoms with Crippen molar-refractivity contribution in [3.8, 4) is 0 Å². The van der Waals surface area contributed by atoms with E-state index in [1.165, 1.54) is 135 Å². The monoisotopic (exact) mass is 830 g/mol. The standard InChI is InChI=1S/C47H92NO8P/c1-6-8-10-12-14-16-18-20-21-22-23-24-25-26-27-28-30-31-33-35-37-39-46(49)53-43-45(44-55-57(51,52)54-42-41-48(3,4)5)56-47(50)40-38-36-34-32-29-19-17-15-13-11-9-7-2/h15,17,45H,6-14,16,18-44H2,1-5H3/b17-15-. The van der Waals surface area contributed by atoms with Gasteiger partial charge in [-0.25, -0.2) is 0 Å². The van der Waals surface area contributed by atoms with E-state index < -0.39 is 26.5 Å². The van der Waals surface area contributed by atoms with Crippen molar-refractivity contribution >= 4 is 19.8 Å². The molecular weight excluding hydrogens is 737 g/mol. The first-order valence-electron chi connectivity index (χ1n) is 23.9. The molecular formula is C47H92NO8P. The van der Waals surface area contributed by atoms with Crippen LogP contribution in [0.2, 0.25) is 0 Å². The van der Waals surface area contributed by atoms with Crippen molar-refractivity contribution in [2.45, 2.75) is 232 Å². The second-order valence-electron chi connectivity index (χ2n) is 17.5. The maximum absolute atomic E-state index is 12.7. The molecule has 0 bridgehead atoms. The summed E-state index contributed by atoms with van der Waals surface area (Å²) in [4.78, 5) is 37.5. The maximum Gasteiger partial charge on any atom is 0.306 e. The van der Waals surface area contributed by atoms with Gasteiger partial charge in [0.15, 0.2) is 6.10 Å². The van der Waals surface area contributed by atoms with Crippen LogP contribution in [0.15, 0.2) is 12.2 Å². The Morgan fingerprint density at radius 1 is 0.526 bits per heavy atom. The Hall–Kier alpha value is -1.25. The van der Waals surface area contributed by atoms with E-state index in [1.807, 2.05) is 21.1 Å². The van der Waals surface area contributed by atoms with Crippen LogP contribution < -0.4 is 4.89 Å². The van der Waals surface area contributed by atoms with E-state index in [1.54, 1.807) is 0 Å². The molecule has 0 N–H and O–H groups in total. The van der Waals surface area contributed by atoms with Crippen LogP contribution in [0.3, 0.4) is 0 Å². The first-order chi connectivity index (χ1) is 27.5. The first-order valence-corrected chi connectivity index (χ1v) is 25.4. The predicted molar refractivity (Wildman–Crippen MR) is 236 cm³/mol. The molecule has 57 heavy (non-hydrogen) atoms. The zero-order valence-electron chi connectivity index (χ0n) is 38.1. The molecule has 0 saturated carbocycles. The third-order valence-electron chi connectivity index (χ3n) is 10.5. The fourth-order valence-electron chi connectivity index (χ4n) is 6.77. The van der Waals surface area contributed by atoms with E-state index in [0.29, 0.717) is 17.4 Å². The van der Waals surface area contributed by atoms with Crippen molar-refractivity contribution < 1.29 is 42.1 Å². The zero-order chi connectivity index (χ0) is 42.1. The van der Waals surface area contributed by atoms with Crippen molar-refractivity contribution in [3.63, 3.8) is 0 Å². The van der Waals surface area contributed by atoms with Crippen molar-refractivity contribution in [1.29, 1.82) is 0 Å². The highest BCUT2D eigenvalue weighted by Gasteiger charge is 2.21. The van der Waals surface area contributed by atoms with Gasteiger partial charge in [0, 0.05) is 12.8 Å². The van der Waals surface area contributed by atoms with E-state index in [0.717, 1.165) is 57.8 Å². The Bertz CT molecular complexity index is 985. The molecule has 0 saturated heterocycles. The molecule has 0 aliphatic heterocycles. The number of unbranched alkanes of at least 4 members (excludes halogenated alkanes) is 28. The van der Waals surface area contributed by atoms with Gasteiger partial charge in [-0.05, 0) is 38.5 Å². The SMILES string of the molecule is CCCCC/C=C\CCCCCCCC(=O)OC(COC(=O)CCCCCCCCCCCCCCCCCCCCCCC)COP(=O)([O-])OCC[N+](C)(C)C. The highest BCUT2D eigenvalue weighted by molar-refractivity contribution is 7.45. The van der Waals surface area contributed by atoms with Crippen molar-refractivity contribution in [3.05, 3.63) is 12.2 Å². The Morgan fingerprint density at radius 3 is 1.33 bits per heavy atom. The number of phosphoric ester groups is 1. The van der Waals surface area contributed by atoms with Crippen LogP contribution in [0.1, 0.15) is 226 Å². The summed E-state index contributed by atoms with van der Waals surface area (Å²) in [5, 5.41) is 0. The molecule has 0 aliphatic carbocycles. The summed E-state index contributed by atoms with van der Waals surface area (Å²) < 4.78 is 33.9. The van der Waals surface area contributed by atoms with Gasteiger partial charge in [-0.15, -0.1) is 0 Å². The number of phosphoric acid groups is 1. The Balaban J connectivity index is 4.19. The molecule has 338 valence electrons. The van der Waals surface area contributed by atoms with Gasteiger partial charge in [0.2, 0.25) is 0 Å². The summed E-state index contributed by atoms with van der Waals surface area (Å²) in [6.45, 7) is 4.22.